The number of aromatic nitrogens is 3. The first-order valence-corrected chi connectivity index (χ1v) is 10.7. The fraction of sp³-hybridized carbons (Fsp3) is 0.333. The average molecular weight is 433 g/mol. The highest BCUT2D eigenvalue weighted by Gasteiger charge is 2.44. The predicted molar refractivity (Wildman–Crippen MR) is 120 cm³/mol. The molecule has 2 aliphatic rings. The smallest absolute Gasteiger partial charge is 0.285 e. The predicted octanol–water partition coefficient (Wildman–Crippen LogP) is 4.34. The van der Waals surface area contributed by atoms with Crippen LogP contribution in [0.15, 0.2) is 48.2 Å². The van der Waals surface area contributed by atoms with Crippen LogP contribution in [0.25, 0.3) is 22.0 Å². The lowest BCUT2D eigenvalue weighted by atomic mass is 9.61. The lowest BCUT2D eigenvalue weighted by Gasteiger charge is -2.46. The van der Waals surface area contributed by atoms with Gasteiger partial charge >= 0.3 is 0 Å². The Morgan fingerprint density at radius 3 is 2.75 bits per heavy atom. The van der Waals surface area contributed by atoms with Gasteiger partial charge in [-0.15, -0.1) is 0 Å². The van der Waals surface area contributed by atoms with Crippen molar-refractivity contribution < 1.29 is 13.9 Å². The van der Waals surface area contributed by atoms with E-state index in [1.54, 1.807) is 24.7 Å². The molecule has 7 nitrogen and oxygen atoms in total. The van der Waals surface area contributed by atoms with Crippen LogP contribution >= 0.6 is 0 Å². The molecule has 164 valence electrons. The number of aryl methyl sites for hydroxylation is 1. The molecule has 0 bridgehead atoms. The zero-order chi connectivity index (χ0) is 22.3. The molecule has 3 aromatic rings. The first-order chi connectivity index (χ1) is 15.4. The minimum absolute atomic E-state index is 0.109. The molecule has 0 unspecified atom stereocenters. The molecule has 0 aromatic carbocycles. The van der Waals surface area contributed by atoms with E-state index in [0.717, 1.165) is 29.4 Å². The van der Waals surface area contributed by atoms with Crippen LogP contribution in [0.2, 0.25) is 0 Å². The number of carbonyl (C=O) groups excluding carboxylic acids is 1. The number of halogens is 1. The third kappa shape index (κ3) is 3.71. The molecule has 5 rings (SSSR count). The fourth-order valence-electron chi connectivity index (χ4n) is 4.61. The van der Waals surface area contributed by atoms with Gasteiger partial charge in [-0.3, -0.25) is 9.78 Å². The molecular formula is C24H24FN5O2. The van der Waals surface area contributed by atoms with Gasteiger partial charge in [0.25, 0.3) is 5.91 Å². The summed E-state index contributed by atoms with van der Waals surface area (Å²) in [5.74, 6) is -0.877. The second kappa shape index (κ2) is 7.94. The summed E-state index contributed by atoms with van der Waals surface area (Å²) in [5.41, 5.74) is 9.39. The summed E-state index contributed by atoms with van der Waals surface area (Å²) in [7, 11) is 0. The largest absolute Gasteiger partial charge is 0.383 e. The molecular weight excluding hydrogens is 409 g/mol. The normalized spacial score (nSPS) is 17.2. The van der Waals surface area contributed by atoms with Gasteiger partial charge in [0, 0.05) is 42.8 Å². The van der Waals surface area contributed by atoms with Crippen LogP contribution in [-0.4, -0.2) is 34.1 Å². The molecule has 3 aromatic heterocycles. The molecule has 2 fully saturated rings. The maximum absolute atomic E-state index is 14.7. The number of nitrogens with one attached hydrogen (secondary N) is 1. The molecule has 1 aliphatic carbocycles. The van der Waals surface area contributed by atoms with Gasteiger partial charge in [0.2, 0.25) is 0 Å². The molecule has 1 aliphatic heterocycles. The minimum atomic E-state index is -0.765. The number of hydrogen-bond donors (Lipinski definition) is 2. The van der Waals surface area contributed by atoms with Crippen LogP contribution < -0.4 is 11.1 Å². The van der Waals surface area contributed by atoms with Crippen molar-refractivity contribution >= 4 is 28.3 Å². The van der Waals surface area contributed by atoms with Gasteiger partial charge in [-0.25, -0.2) is 14.4 Å². The number of nitrogen functional groups attached to an aromatic ring is 1. The number of ether oxygens (including phenoxy) is 1. The number of allylic oxidation sites excluding steroid dienone is 1. The number of fused-ring (bicyclic) bond motifs is 1. The van der Waals surface area contributed by atoms with E-state index in [9.17, 15) is 9.18 Å². The second-order valence-corrected chi connectivity index (χ2v) is 8.71. The van der Waals surface area contributed by atoms with E-state index < -0.39 is 11.7 Å². The molecule has 1 amide bonds. The van der Waals surface area contributed by atoms with Crippen molar-refractivity contribution in [2.75, 3.05) is 24.3 Å². The van der Waals surface area contributed by atoms with Crippen LogP contribution in [0.1, 0.15) is 31.2 Å². The van der Waals surface area contributed by atoms with Crippen molar-refractivity contribution in [3.63, 3.8) is 0 Å². The van der Waals surface area contributed by atoms with Crippen molar-refractivity contribution in [2.24, 2.45) is 5.41 Å². The van der Waals surface area contributed by atoms with E-state index in [1.165, 1.54) is 0 Å². The Morgan fingerprint density at radius 2 is 2.00 bits per heavy atom. The van der Waals surface area contributed by atoms with E-state index in [0.29, 0.717) is 48.5 Å². The Bertz CT molecular complexity index is 1240. The summed E-state index contributed by atoms with van der Waals surface area (Å²) in [6.45, 7) is 3.39. The first kappa shape index (κ1) is 20.5. The van der Waals surface area contributed by atoms with Gasteiger partial charge in [0.05, 0.1) is 5.69 Å². The first-order valence-electron chi connectivity index (χ1n) is 10.7. The molecule has 1 saturated carbocycles. The Labute approximate surface area is 184 Å². The second-order valence-electron chi connectivity index (χ2n) is 8.71. The molecule has 0 atom stereocenters. The molecule has 32 heavy (non-hydrogen) atoms. The Balaban J connectivity index is 1.38. The lowest BCUT2D eigenvalue weighted by Crippen LogP contribution is -2.38. The number of nitrogens with two attached hydrogens (primary N) is 1. The highest BCUT2D eigenvalue weighted by molar-refractivity contribution is 6.03. The van der Waals surface area contributed by atoms with Gasteiger partial charge in [0.1, 0.15) is 11.6 Å². The molecule has 0 radical (unpaired) electrons. The van der Waals surface area contributed by atoms with Gasteiger partial charge < -0.3 is 15.8 Å². The maximum atomic E-state index is 14.7. The number of nitrogens with zero attached hydrogens (tertiary/aromatic N) is 3. The summed E-state index contributed by atoms with van der Waals surface area (Å²) < 4.78 is 20.1. The van der Waals surface area contributed by atoms with Gasteiger partial charge in [-0.05, 0) is 72.7 Å². The van der Waals surface area contributed by atoms with Crippen LogP contribution in [0.4, 0.5) is 16.0 Å². The van der Waals surface area contributed by atoms with Crippen molar-refractivity contribution in [3.8, 4) is 11.3 Å². The third-order valence-electron chi connectivity index (χ3n) is 6.54. The number of amides is 1. The quantitative estimate of drug-likeness (QED) is 0.596. The summed E-state index contributed by atoms with van der Waals surface area (Å²) >= 11 is 0. The number of pyridine rings is 3. The van der Waals surface area contributed by atoms with Gasteiger partial charge in [0.15, 0.2) is 5.83 Å². The highest BCUT2D eigenvalue weighted by Crippen LogP contribution is 2.53. The summed E-state index contributed by atoms with van der Waals surface area (Å²) in [6, 6.07) is 5.44. The molecule has 1 saturated heterocycles. The zero-order valence-corrected chi connectivity index (χ0v) is 17.8. The minimum Gasteiger partial charge on any atom is -0.383 e. The summed E-state index contributed by atoms with van der Waals surface area (Å²) in [4.78, 5) is 25.4. The number of anilines is 2. The lowest BCUT2D eigenvalue weighted by molar-refractivity contribution is -0.114. The summed E-state index contributed by atoms with van der Waals surface area (Å²) in [5, 5.41) is 3.99. The van der Waals surface area contributed by atoms with Crippen LogP contribution in [0, 0.1) is 12.3 Å². The van der Waals surface area contributed by atoms with Crippen molar-refractivity contribution in [1.82, 2.24) is 15.0 Å². The average Bonchev–Trinajstić information content (AvgIpc) is 2.77. The van der Waals surface area contributed by atoms with Gasteiger partial charge in [-0.1, -0.05) is 0 Å². The zero-order valence-electron chi connectivity index (χ0n) is 17.8. The van der Waals surface area contributed by atoms with Gasteiger partial charge in [-0.2, -0.15) is 0 Å². The SMILES string of the molecule is Cc1ccncc1-c1cc2cc(NC(=O)C(F)=C3CC4(CCOCC4)C3)ncc2c(N)n1. The fourth-order valence-corrected chi connectivity index (χ4v) is 4.61. The summed E-state index contributed by atoms with van der Waals surface area (Å²) in [6.07, 6.45) is 8.08. The Hall–Kier alpha value is -3.39. The van der Waals surface area contributed by atoms with Crippen molar-refractivity contribution in [1.29, 1.82) is 0 Å². The standard InChI is InChI=1S/C24H24FN5O2/c1-14-2-5-27-12-17(14)19-8-15-9-20(28-13-18(15)22(26)29-19)30-23(31)21(25)16-10-24(11-16)3-6-32-7-4-24/h2,5,8-9,12-13H,3-4,6-7,10-11H2,1H3,(H2,26,29)(H,28,30,31). The number of carbonyl (C=O) groups is 1. The van der Waals surface area contributed by atoms with Crippen LogP contribution in [0.3, 0.4) is 0 Å². The monoisotopic (exact) mass is 433 g/mol. The van der Waals surface area contributed by atoms with E-state index in [1.807, 2.05) is 19.1 Å². The molecule has 3 N–H and O–H groups in total. The van der Waals surface area contributed by atoms with E-state index in [4.69, 9.17) is 10.5 Å². The Morgan fingerprint density at radius 1 is 1.22 bits per heavy atom. The van der Waals surface area contributed by atoms with Crippen LogP contribution in [0.5, 0.6) is 0 Å². The number of hydrogen-bond acceptors (Lipinski definition) is 6. The number of rotatable bonds is 3. The van der Waals surface area contributed by atoms with Crippen molar-refractivity contribution in [2.45, 2.75) is 32.6 Å². The van der Waals surface area contributed by atoms with Crippen molar-refractivity contribution in [3.05, 3.63) is 53.8 Å². The Kier molecular flexibility index (Phi) is 5.09. The maximum Gasteiger partial charge on any atom is 0.285 e. The highest BCUT2D eigenvalue weighted by atomic mass is 19.1. The third-order valence-corrected chi connectivity index (χ3v) is 6.54. The van der Waals surface area contributed by atoms with Crippen LogP contribution in [-0.2, 0) is 9.53 Å². The van der Waals surface area contributed by atoms with E-state index in [2.05, 4.69) is 20.3 Å². The van der Waals surface area contributed by atoms with E-state index >= 15 is 0 Å². The topological polar surface area (TPSA) is 103 Å². The molecule has 4 heterocycles. The van der Waals surface area contributed by atoms with E-state index in [-0.39, 0.29) is 11.2 Å². The molecule has 8 heteroatoms. The molecule has 1 spiro atoms.